The van der Waals surface area contributed by atoms with Gasteiger partial charge in [0.1, 0.15) is 0 Å². The topological polar surface area (TPSA) is 98.5 Å². The first-order valence-electron chi connectivity index (χ1n) is 6.25. The average molecular weight is 289 g/mol. The number of rotatable bonds is 4. The average Bonchev–Trinajstić information content (AvgIpc) is 2.87. The zero-order chi connectivity index (χ0) is 15.4. The normalized spacial score (nSPS) is 11.0. The molecule has 0 saturated heterocycles. The first-order chi connectivity index (χ1) is 10.0. The third-order valence-corrected chi connectivity index (χ3v) is 2.66. The number of aromatic nitrogens is 4. The minimum absolute atomic E-state index is 0.0302. The zero-order valence-corrected chi connectivity index (χ0v) is 12.0. The van der Waals surface area contributed by atoms with Crippen LogP contribution in [0.5, 0.6) is 0 Å². The summed E-state index contributed by atoms with van der Waals surface area (Å²) in [5, 5.41) is 6.67. The number of hydrogen-bond acceptors (Lipinski definition) is 6. The van der Waals surface area contributed by atoms with Crippen LogP contribution in [0.1, 0.15) is 22.0 Å². The van der Waals surface area contributed by atoms with Crippen LogP contribution in [0.25, 0.3) is 5.78 Å². The van der Waals surface area contributed by atoms with Gasteiger partial charge in [0.2, 0.25) is 5.82 Å². The minimum Gasteiger partial charge on any atom is -0.466 e. The summed E-state index contributed by atoms with van der Waals surface area (Å²) in [6.45, 7) is 3.88. The molecule has 2 aromatic rings. The molecule has 8 nitrogen and oxygen atoms in total. The van der Waals surface area contributed by atoms with Gasteiger partial charge in [-0.2, -0.15) is 4.98 Å². The first-order valence-corrected chi connectivity index (χ1v) is 6.25. The maximum atomic E-state index is 11.9. The highest BCUT2D eigenvalue weighted by Gasteiger charge is 2.13. The predicted molar refractivity (Wildman–Crippen MR) is 73.7 cm³/mol. The van der Waals surface area contributed by atoms with Crippen molar-refractivity contribution in [3.8, 4) is 0 Å². The smallest absolute Gasteiger partial charge is 0.330 e. The van der Waals surface area contributed by atoms with Gasteiger partial charge in [-0.1, -0.05) is 6.08 Å². The van der Waals surface area contributed by atoms with Crippen molar-refractivity contribution in [2.75, 3.05) is 13.7 Å². The fraction of sp³-hybridized carbons (Fsp3) is 0.308. The molecular formula is C13H15N5O3. The summed E-state index contributed by atoms with van der Waals surface area (Å²) >= 11 is 0. The van der Waals surface area contributed by atoms with E-state index in [-0.39, 0.29) is 12.4 Å². The first kappa shape index (κ1) is 14.6. The molecule has 0 aliphatic carbocycles. The summed E-state index contributed by atoms with van der Waals surface area (Å²) in [6.07, 6.45) is 2.71. The van der Waals surface area contributed by atoms with Gasteiger partial charge in [0.15, 0.2) is 0 Å². The highest BCUT2D eigenvalue weighted by molar-refractivity contribution is 5.91. The van der Waals surface area contributed by atoms with Crippen molar-refractivity contribution in [2.24, 2.45) is 0 Å². The van der Waals surface area contributed by atoms with E-state index in [9.17, 15) is 9.59 Å². The molecule has 2 heterocycles. The van der Waals surface area contributed by atoms with Crippen molar-refractivity contribution in [1.29, 1.82) is 0 Å². The second-order valence-electron chi connectivity index (χ2n) is 4.32. The highest BCUT2D eigenvalue weighted by atomic mass is 16.5. The van der Waals surface area contributed by atoms with E-state index < -0.39 is 11.9 Å². The molecule has 0 spiro atoms. The number of hydrogen-bond donors (Lipinski definition) is 1. The van der Waals surface area contributed by atoms with Crippen molar-refractivity contribution in [3.05, 3.63) is 35.4 Å². The second-order valence-corrected chi connectivity index (χ2v) is 4.32. The van der Waals surface area contributed by atoms with E-state index in [1.807, 2.05) is 19.9 Å². The maximum absolute atomic E-state index is 11.9. The van der Waals surface area contributed by atoms with Crippen molar-refractivity contribution in [2.45, 2.75) is 13.8 Å². The van der Waals surface area contributed by atoms with Gasteiger partial charge >= 0.3 is 5.97 Å². The molecule has 0 unspecified atom stereocenters. The number of nitrogens with one attached hydrogen (secondary N) is 1. The van der Waals surface area contributed by atoms with Gasteiger partial charge in [0, 0.05) is 24.0 Å². The molecule has 110 valence electrons. The van der Waals surface area contributed by atoms with Gasteiger partial charge in [-0.05, 0) is 19.9 Å². The standard InChI is InChI=1S/C13H15N5O3/c1-8-7-9(2)18-13(15-8)16-11(17-18)12(20)14-6-4-5-10(19)21-3/h4-5,7H,6H2,1-3H3,(H,14,20)/b5-4+. The van der Waals surface area contributed by atoms with Crippen LogP contribution in [-0.4, -0.2) is 45.1 Å². The second kappa shape index (κ2) is 6.12. The molecule has 0 fully saturated rings. The van der Waals surface area contributed by atoms with Crippen molar-refractivity contribution in [1.82, 2.24) is 24.9 Å². The van der Waals surface area contributed by atoms with Crippen molar-refractivity contribution < 1.29 is 14.3 Å². The van der Waals surface area contributed by atoms with Gasteiger partial charge < -0.3 is 10.1 Å². The molecule has 0 bridgehead atoms. The third kappa shape index (κ3) is 3.41. The van der Waals surface area contributed by atoms with Gasteiger partial charge in [0.25, 0.3) is 11.7 Å². The Morgan fingerprint density at radius 3 is 2.86 bits per heavy atom. The summed E-state index contributed by atoms with van der Waals surface area (Å²) in [4.78, 5) is 31.0. The number of carbonyl (C=O) groups is 2. The fourth-order valence-corrected chi connectivity index (χ4v) is 1.72. The van der Waals surface area contributed by atoms with Crippen molar-refractivity contribution >= 4 is 17.7 Å². The summed E-state index contributed by atoms with van der Waals surface area (Å²) in [5.41, 5.74) is 1.65. The lowest BCUT2D eigenvalue weighted by atomic mass is 10.4. The number of amides is 1. The lowest BCUT2D eigenvalue weighted by Crippen LogP contribution is -2.24. The largest absolute Gasteiger partial charge is 0.466 e. The van der Waals surface area contributed by atoms with Gasteiger partial charge in [-0.3, -0.25) is 4.79 Å². The number of esters is 1. The van der Waals surface area contributed by atoms with E-state index in [0.717, 1.165) is 11.4 Å². The predicted octanol–water partition coefficient (Wildman–Crippen LogP) is 0.200. The van der Waals surface area contributed by atoms with E-state index in [4.69, 9.17) is 0 Å². The Kier molecular flexibility index (Phi) is 4.27. The number of ether oxygens (including phenoxy) is 1. The zero-order valence-electron chi connectivity index (χ0n) is 12.0. The summed E-state index contributed by atoms with van der Waals surface area (Å²) in [5.74, 6) is -0.511. The highest BCUT2D eigenvalue weighted by Crippen LogP contribution is 2.05. The van der Waals surface area contributed by atoms with Crippen LogP contribution in [0.4, 0.5) is 0 Å². The van der Waals surface area contributed by atoms with E-state index in [1.54, 1.807) is 0 Å². The van der Waals surface area contributed by atoms with Gasteiger partial charge in [0.05, 0.1) is 7.11 Å². The number of nitrogens with zero attached hydrogens (tertiary/aromatic N) is 4. The molecule has 1 amide bonds. The Hall–Kier alpha value is -2.77. The summed E-state index contributed by atoms with van der Waals surface area (Å²) in [7, 11) is 1.28. The number of methoxy groups -OCH3 is 1. The molecule has 2 rings (SSSR count). The van der Waals surface area contributed by atoms with Crippen LogP contribution in [0.3, 0.4) is 0 Å². The summed E-state index contributed by atoms with van der Waals surface area (Å²) < 4.78 is 5.94. The van der Waals surface area contributed by atoms with Gasteiger partial charge in [-0.25, -0.2) is 14.3 Å². The Balaban J connectivity index is 2.08. The molecule has 0 saturated carbocycles. The maximum Gasteiger partial charge on any atom is 0.330 e. The number of fused-ring (bicyclic) bond motifs is 1. The van der Waals surface area contributed by atoms with Crippen LogP contribution in [-0.2, 0) is 9.53 Å². The van der Waals surface area contributed by atoms with E-state index in [2.05, 4.69) is 25.1 Å². The van der Waals surface area contributed by atoms with Crippen LogP contribution < -0.4 is 5.32 Å². The number of aryl methyl sites for hydroxylation is 2. The number of carbonyl (C=O) groups excluding carboxylic acids is 2. The van der Waals surface area contributed by atoms with E-state index >= 15 is 0 Å². The Morgan fingerprint density at radius 1 is 1.38 bits per heavy atom. The molecule has 2 aromatic heterocycles. The quantitative estimate of drug-likeness (QED) is 0.637. The van der Waals surface area contributed by atoms with Gasteiger partial charge in [-0.15, -0.1) is 5.10 Å². The van der Waals surface area contributed by atoms with Crippen LogP contribution in [0.2, 0.25) is 0 Å². The molecule has 1 N–H and O–H groups in total. The lowest BCUT2D eigenvalue weighted by molar-refractivity contribution is -0.134. The molecule has 0 aliphatic heterocycles. The molecular weight excluding hydrogens is 274 g/mol. The molecule has 0 aliphatic rings. The minimum atomic E-state index is -0.481. The van der Waals surface area contributed by atoms with Crippen LogP contribution >= 0.6 is 0 Å². The lowest BCUT2D eigenvalue weighted by Gasteiger charge is -1.97. The SMILES string of the molecule is COC(=O)/C=C/CNC(=O)c1nc2nc(C)cc(C)n2n1. The molecule has 0 atom stereocenters. The molecule has 0 aromatic carbocycles. The molecule has 0 radical (unpaired) electrons. The van der Waals surface area contributed by atoms with E-state index in [1.165, 1.54) is 23.8 Å². The monoisotopic (exact) mass is 289 g/mol. The fourth-order valence-electron chi connectivity index (χ4n) is 1.72. The Bertz CT molecular complexity index is 720. The third-order valence-electron chi connectivity index (χ3n) is 2.66. The molecule has 8 heteroatoms. The van der Waals surface area contributed by atoms with Crippen molar-refractivity contribution in [3.63, 3.8) is 0 Å². The molecule has 21 heavy (non-hydrogen) atoms. The Labute approximate surface area is 120 Å². The van der Waals surface area contributed by atoms with Crippen LogP contribution in [0.15, 0.2) is 18.2 Å². The van der Waals surface area contributed by atoms with E-state index in [0.29, 0.717) is 5.78 Å². The Morgan fingerprint density at radius 2 is 2.14 bits per heavy atom. The van der Waals surface area contributed by atoms with Crippen LogP contribution in [0, 0.1) is 13.8 Å². The summed E-state index contributed by atoms with van der Waals surface area (Å²) in [6, 6.07) is 1.85.